The molecule has 0 atom stereocenters. The minimum atomic E-state index is -0.133. The highest BCUT2D eigenvalue weighted by atomic mass is 16.5. The molecule has 0 spiro atoms. The number of likely N-dealkylation sites (tertiary alicyclic amines) is 1. The van der Waals surface area contributed by atoms with Crippen molar-refractivity contribution in [2.24, 2.45) is 5.92 Å². The summed E-state index contributed by atoms with van der Waals surface area (Å²) >= 11 is 0. The van der Waals surface area contributed by atoms with Crippen molar-refractivity contribution < 1.29 is 14.3 Å². The van der Waals surface area contributed by atoms with Gasteiger partial charge >= 0.3 is 0 Å². The van der Waals surface area contributed by atoms with E-state index in [0.717, 1.165) is 10.9 Å². The molecule has 1 N–H and O–H groups in total. The number of fused-ring (bicyclic) bond motifs is 1. The summed E-state index contributed by atoms with van der Waals surface area (Å²) in [6.07, 6.45) is 2.14. The van der Waals surface area contributed by atoms with E-state index in [2.05, 4.69) is 4.98 Å². The molecule has 0 aliphatic carbocycles. The summed E-state index contributed by atoms with van der Waals surface area (Å²) in [7, 11) is 0. The third-order valence-electron chi connectivity index (χ3n) is 5.96. The first-order chi connectivity index (χ1) is 14.1. The molecular weight excluding hydrogens is 370 g/mol. The zero-order valence-electron chi connectivity index (χ0n) is 16.6. The fourth-order valence-electron chi connectivity index (χ4n) is 4.20. The van der Waals surface area contributed by atoms with Gasteiger partial charge in [-0.05, 0) is 36.8 Å². The number of aryl methyl sites for hydroxylation is 1. The van der Waals surface area contributed by atoms with Crippen LogP contribution in [0.15, 0.2) is 35.1 Å². The van der Waals surface area contributed by atoms with Gasteiger partial charge in [-0.2, -0.15) is 0 Å². The van der Waals surface area contributed by atoms with Gasteiger partial charge in [0.05, 0.1) is 13.2 Å². The summed E-state index contributed by atoms with van der Waals surface area (Å²) in [5.41, 5.74) is 1.31. The van der Waals surface area contributed by atoms with E-state index in [0.29, 0.717) is 70.6 Å². The number of nitrogens with one attached hydrogen (secondary N) is 1. The maximum Gasteiger partial charge on any atom is 0.251 e. The van der Waals surface area contributed by atoms with Crippen molar-refractivity contribution in [1.29, 1.82) is 0 Å². The molecule has 4 rings (SSSR count). The molecule has 2 fully saturated rings. The highest BCUT2D eigenvalue weighted by molar-refractivity contribution is 5.81. The largest absolute Gasteiger partial charge is 0.378 e. The molecule has 0 saturated carbocycles. The molecule has 1 aromatic heterocycles. The number of ether oxygens (including phenoxy) is 1. The van der Waals surface area contributed by atoms with Crippen molar-refractivity contribution in [2.75, 3.05) is 39.4 Å². The molecule has 0 radical (unpaired) electrons. The summed E-state index contributed by atoms with van der Waals surface area (Å²) in [6, 6.07) is 9.50. The molecule has 2 amide bonds. The van der Waals surface area contributed by atoms with Crippen LogP contribution in [-0.2, 0) is 20.7 Å². The smallest absolute Gasteiger partial charge is 0.251 e. The summed E-state index contributed by atoms with van der Waals surface area (Å²) in [4.78, 5) is 44.1. The average molecular weight is 397 g/mol. The van der Waals surface area contributed by atoms with E-state index in [-0.39, 0.29) is 23.3 Å². The standard InChI is InChI=1S/C22H27N3O4/c26-20(6-5-18-15-17-3-1-2-4-19(17)23-21(18)27)24-9-7-16(8-10-24)22(28)25-11-13-29-14-12-25/h1-4,15-16H,5-14H2,(H,23,27). The molecule has 2 aliphatic rings. The van der Waals surface area contributed by atoms with Crippen LogP contribution in [0.25, 0.3) is 10.9 Å². The maximum absolute atomic E-state index is 12.6. The Morgan fingerprint density at radius 1 is 1.03 bits per heavy atom. The topological polar surface area (TPSA) is 82.7 Å². The van der Waals surface area contributed by atoms with Gasteiger partial charge in [0.1, 0.15) is 0 Å². The fourth-order valence-corrected chi connectivity index (χ4v) is 4.20. The van der Waals surface area contributed by atoms with Crippen LogP contribution in [-0.4, -0.2) is 66.0 Å². The van der Waals surface area contributed by atoms with Gasteiger partial charge in [-0.15, -0.1) is 0 Å². The van der Waals surface area contributed by atoms with Crippen molar-refractivity contribution in [3.8, 4) is 0 Å². The lowest BCUT2D eigenvalue weighted by atomic mass is 9.94. The number of rotatable bonds is 4. The van der Waals surface area contributed by atoms with E-state index in [4.69, 9.17) is 4.74 Å². The Morgan fingerprint density at radius 3 is 2.52 bits per heavy atom. The second kappa shape index (κ2) is 8.78. The number of morpholine rings is 1. The number of aromatic amines is 1. The minimum Gasteiger partial charge on any atom is -0.378 e. The number of nitrogens with zero attached hydrogens (tertiary/aromatic N) is 2. The van der Waals surface area contributed by atoms with Gasteiger partial charge in [0.15, 0.2) is 0 Å². The van der Waals surface area contributed by atoms with Crippen molar-refractivity contribution in [3.05, 3.63) is 46.2 Å². The lowest BCUT2D eigenvalue weighted by molar-refractivity contribution is -0.143. The fraction of sp³-hybridized carbons (Fsp3) is 0.500. The van der Waals surface area contributed by atoms with Crippen LogP contribution >= 0.6 is 0 Å². The van der Waals surface area contributed by atoms with Crippen LogP contribution in [0.4, 0.5) is 0 Å². The predicted octanol–water partition coefficient (Wildman–Crippen LogP) is 1.56. The quantitative estimate of drug-likeness (QED) is 0.849. The van der Waals surface area contributed by atoms with E-state index >= 15 is 0 Å². The number of pyridine rings is 1. The molecule has 0 bridgehead atoms. The van der Waals surface area contributed by atoms with Crippen LogP contribution in [0, 0.1) is 5.92 Å². The molecule has 7 heteroatoms. The van der Waals surface area contributed by atoms with Crippen LogP contribution in [0.3, 0.4) is 0 Å². The molecule has 29 heavy (non-hydrogen) atoms. The number of amides is 2. The number of carbonyl (C=O) groups excluding carboxylic acids is 2. The summed E-state index contributed by atoms with van der Waals surface area (Å²) in [6.45, 7) is 3.76. The zero-order valence-corrected chi connectivity index (χ0v) is 16.6. The Kier molecular flexibility index (Phi) is 5.94. The van der Waals surface area contributed by atoms with Crippen LogP contribution in [0.5, 0.6) is 0 Å². The molecule has 7 nitrogen and oxygen atoms in total. The van der Waals surface area contributed by atoms with Crippen LogP contribution in [0.1, 0.15) is 24.8 Å². The summed E-state index contributed by atoms with van der Waals surface area (Å²) in [5, 5.41) is 0.969. The number of H-pyrrole nitrogens is 1. The maximum atomic E-state index is 12.6. The van der Waals surface area contributed by atoms with Gasteiger partial charge in [-0.3, -0.25) is 14.4 Å². The third-order valence-corrected chi connectivity index (χ3v) is 5.96. The van der Waals surface area contributed by atoms with Gasteiger partial charge in [0.25, 0.3) is 5.56 Å². The Labute approximate surface area is 169 Å². The Morgan fingerprint density at radius 2 is 1.76 bits per heavy atom. The van der Waals surface area contributed by atoms with Crippen LogP contribution in [0.2, 0.25) is 0 Å². The van der Waals surface area contributed by atoms with Gasteiger partial charge < -0.3 is 19.5 Å². The van der Waals surface area contributed by atoms with Gasteiger partial charge in [-0.25, -0.2) is 0 Å². The number of benzene rings is 1. The second-order valence-electron chi connectivity index (χ2n) is 7.80. The van der Waals surface area contributed by atoms with Crippen molar-refractivity contribution in [1.82, 2.24) is 14.8 Å². The highest BCUT2D eigenvalue weighted by Crippen LogP contribution is 2.21. The number of piperidine rings is 1. The van der Waals surface area contributed by atoms with E-state index < -0.39 is 0 Å². The van der Waals surface area contributed by atoms with Gasteiger partial charge in [0, 0.05) is 49.6 Å². The van der Waals surface area contributed by atoms with E-state index in [1.54, 1.807) is 0 Å². The zero-order chi connectivity index (χ0) is 20.2. The molecule has 154 valence electrons. The molecule has 1 aromatic carbocycles. The average Bonchev–Trinajstić information content (AvgIpc) is 2.77. The van der Waals surface area contributed by atoms with E-state index in [1.807, 2.05) is 40.1 Å². The molecule has 3 heterocycles. The number of hydrogen-bond acceptors (Lipinski definition) is 4. The van der Waals surface area contributed by atoms with Crippen LogP contribution < -0.4 is 5.56 Å². The van der Waals surface area contributed by atoms with E-state index in [1.165, 1.54) is 0 Å². The first kappa shape index (κ1) is 19.6. The number of hydrogen-bond donors (Lipinski definition) is 1. The summed E-state index contributed by atoms with van der Waals surface area (Å²) in [5.74, 6) is 0.249. The predicted molar refractivity (Wildman–Crippen MR) is 110 cm³/mol. The second-order valence-corrected chi connectivity index (χ2v) is 7.80. The van der Waals surface area contributed by atoms with Crippen molar-refractivity contribution in [2.45, 2.75) is 25.7 Å². The van der Waals surface area contributed by atoms with E-state index in [9.17, 15) is 14.4 Å². The van der Waals surface area contributed by atoms with Gasteiger partial charge in [0.2, 0.25) is 11.8 Å². The molecule has 2 saturated heterocycles. The SMILES string of the molecule is O=C(CCc1cc2ccccc2[nH]c1=O)N1CCC(C(=O)N2CCOCC2)CC1. The minimum absolute atomic E-state index is 0.000447. The Hall–Kier alpha value is -2.67. The molecule has 2 aromatic rings. The first-order valence-corrected chi connectivity index (χ1v) is 10.4. The molecular formula is C22H27N3O4. The normalized spacial score (nSPS) is 18.2. The number of carbonyl (C=O) groups is 2. The van der Waals surface area contributed by atoms with Crippen molar-refractivity contribution >= 4 is 22.7 Å². The lowest BCUT2D eigenvalue weighted by Crippen LogP contribution is -2.47. The lowest BCUT2D eigenvalue weighted by Gasteiger charge is -2.35. The molecule has 2 aliphatic heterocycles. The highest BCUT2D eigenvalue weighted by Gasteiger charge is 2.30. The first-order valence-electron chi connectivity index (χ1n) is 10.4. The van der Waals surface area contributed by atoms with Crippen molar-refractivity contribution in [3.63, 3.8) is 0 Å². The number of para-hydroxylation sites is 1. The Bertz CT molecular complexity index is 940. The summed E-state index contributed by atoms with van der Waals surface area (Å²) < 4.78 is 5.31. The monoisotopic (exact) mass is 397 g/mol. The van der Waals surface area contributed by atoms with Gasteiger partial charge in [-0.1, -0.05) is 18.2 Å². The number of aromatic nitrogens is 1. The Balaban J connectivity index is 1.29. The molecule has 0 unspecified atom stereocenters. The third kappa shape index (κ3) is 4.50.